The van der Waals surface area contributed by atoms with Crippen molar-refractivity contribution < 1.29 is 19.2 Å². The van der Waals surface area contributed by atoms with Crippen LogP contribution in [0.3, 0.4) is 0 Å². The third-order valence-electron chi connectivity index (χ3n) is 5.33. The van der Waals surface area contributed by atoms with Crippen LogP contribution in [-0.2, 0) is 0 Å². The number of aryl methyl sites for hydroxylation is 1. The summed E-state index contributed by atoms with van der Waals surface area (Å²) in [4.78, 5) is 53.4. The van der Waals surface area contributed by atoms with E-state index in [0.717, 1.165) is 5.56 Å². The molecule has 3 amide bonds. The van der Waals surface area contributed by atoms with Crippen LogP contribution in [0.5, 0.6) is 0 Å². The molecule has 178 valence electrons. The van der Waals surface area contributed by atoms with E-state index in [1.165, 1.54) is 12.1 Å². The van der Waals surface area contributed by atoms with Gasteiger partial charge in [0.15, 0.2) is 5.78 Å². The van der Waals surface area contributed by atoms with Crippen LogP contribution in [0.1, 0.15) is 47.0 Å². The summed E-state index contributed by atoms with van der Waals surface area (Å²) in [7, 11) is 0. The molecular formula is C24H13Cl5N2O4. The van der Waals surface area contributed by atoms with Gasteiger partial charge in [-0.1, -0.05) is 100.0 Å². The Kier molecular flexibility index (Phi) is 7.13. The molecular weight excluding hydrogens is 558 g/mol. The number of Topliss-reactive ketones (excluding diaryl/α,β-unsaturated/α-hetero) is 1. The number of hydrazine groups is 1. The Bertz CT molecular complexity index is 1380. The van der Waals surface area contributed by atoms with Gasteiger partial charge in [0.1, 0.15) is 6.54 Å². The molecule has 0 fully saturated rings. The van der Waals surface area contributed by atoms with Crippen molar-refractivity contribution in [3.05, 3.63) is 101 Å². The van der Waals surface area contributed by atoms with Gasteiger partial charge in [-0.05, 0) is 19.1 Å². The normalized spacial score (nSPS) is 12.7. The molecule has 0 aromatic heterocycles. The number of carbonyl (C=O) groups excluding carboxylic acids is 4. The number of hydrogen-bond donors (Lipinski definition) is 0. The average Bonchev–Trinajstić information content (AvgIpc) is 3.10. The molecule has 1 aliphatic rings. The molecule has 11 heteroatoms. The fourth-order valence-corrected chi connectivity index (χ4v) is 4.76. The first-order valence-corrected chi connectivity index (χ1v) is 11.8. The van der Waals surface area contributed by atoms with Gasteiger partial charge in [-0.2, -0.15) is 5.01 Å². The van der Waals surface area contributed by atoms with E-state index in [2.05, 4.69) is 0 Å². The minimum absolute atomic E-state index is 0.0318. The highest BCUT2D eigenvalue weighted by Crippen LogP contribution is 2.45. The summed E-state index contributed by atoms with van der Waals surface area (Å²) >= 11 is 30.8. The van der Waals surface area contributed by atoms with Crippen LogP contribution in [-0.4, -0.2) is 40.1 Å². The number of halogens is 5. The number of benzene rings is 3. The summed E-state index contributed by atoms with van der Waals surface area (Å²) in [5, 5.41) is 0.234. The molecule has 0 bridgehead atoms. The van der Waals surface area contributed by atoms with Gasteiger partial charge in [0.2, 0.25) is 0 Å². The monoisotopic (exact) mass is 568 g/mol. The first-order chi connectivity index (χ1) is 16.5. The molecule has 0 aliphatic carbocycles. The lowest BCUT2D eigenvalue weighted by Crippen LogP contribution is -2.51. The topological polar surface area (TPSA) is 74.8 Å². The van der Waals surface area contributed by atoms with Crippen molar-refractivity contribution in [1.82, 2.24) is 10.0 Å². The lowest BCUT2D eigenvalue weighted by Gasteiger charge is -2.29. The lowest BCUT2D eigenvalue weighted by atomic mass is 10.1. The van der Waals surface area contributed by atoms with E-state index in [-0.39, 0.29) is 47.4 Å². The third kappa shape index (κ3) is 4.41. The van der Waals surface area contributed by atoms with Crippen molar-refractivity contribution in [3.63, 3.8) is 0 Å². The van der Waals surface area contributed by atoms with Crippen molar-refractivity contribution in [3.8, 4) is 0 Å². The number of imide groups is 1. The molecule has 1 heterocycles. The highest BCUT2D eigenvalue weighted by Gasteiger charge is 2.46. The minimum atomic E-state index is -0.993. The summed E-state index contributed by atoms with van der Waals surface area (Å²) < 4.78 is 0. The van der Waals surface area contributed by atoms with Crippen molar-refractivity contribution in [2.75, 3.05) is 6.54 Å². The van der Waals surface area contributed by atoms with Gasteiger partial charge in [-0.25, -0.2) is 5.01 Å². The van der Waals surface area contributed by atoms with Crippen LogP contribution in [0, 0.1) is 6.92 Å². The van der Waals surface area contributed by atoms with E-state index in [1.807, 2.05) is 6.92 Å². The predicted molar refractivity (Wildman–Crippen MR) is 135 cm³/mol. The van der Waals surface area contributed by atoms with Crippen LogP contribution in [0.15, 0.2) is 48.5 Å². The average molecular weight is 571 g/mol. The number of amides is 3. The zero-order valence-corrected chi connectivity index (χ0v) is 21.5. The Balaban J connectivity index is 1.83. The largest absolute Gasteiger partial charge is 0.292 e. The minimum Gasteiger partial charge on any atom is -0.292 e. The van der Waals surface area contributed by atoms with E-state index in [9.17, 15) is 19.2 Å². The summed E-state index contributed by atoms with van der Waals surface area (Å²) in [5.74, 6) is -3.38. The molecule has 4 rings (SSSR count). The maximum absolute atomic E-state index is 13.5. The van der Waals surface area contributed by atoms with E-state index in [1.54, 1.807) is 36.4 Å². The molecule has 6 nitrogen and oxygen atoms in total. The molecule has 0 atom stereocenters. The van der Waals surface area contributed by atoms with Crippen LogP contribution in [0.2, 0.25) is 25.1 Å². The van der Waals surface area contributed by atoms with Crippen LogP contribution in [0.25, 0.3) is 0 Å². The van der Waals surface area contributed by atoms with Gasteiger partial charge >= 0.3 is 0 Å². The SMILES string of the molecule is Cc1ccc(C(=O)CN(C(=O)c2ccccc2Cl)N2C(=O)c3c(Cl)c(Cl)c(Cl)c(Cl)c3C2=O)cc1. The summed E-state index contributed by atoms with van der Waals surface area (Å²) in [6.45, 7) is 1.19. The molecule has 35 heavy (non-hydrogen) atoms. The van der Waals surface area contributed by atoms with Crippen molar-refractivity contribution in [2.45, 2.75) is 6.92 Å². The van der Waals surface area contributed by atoms with Crippen molar-refractivity contribution in [1.29, 1.82) is 0 Å². The highest BCUT2D eigenvalue weighted by molar-refractivity contribution is 6.55. The first-order valence-electron chi connectivity index (χ1n) is 9.95. The molecule has 0 radical (unpaired) electrons. The molecule has 1 aliphatic heterocycles. The second-order valence-corrected chi connectivity index (χ2v) is 9.48. The molecule has 0 saturated carbocycles. The quantitative estimate of drug-likeness (QED) is 0.146. The summed E-state index contributed by atoms with van der Waals surface area (Å²) in [6.07, 6.45) is 0. The molecule has 3 aromatic rings. The highest BCUT2D eigenvalue weighted by atomic mass is 35.5. The number of hydrogen-bond acceptors (Lipinski definition) is 4. The second-order valence-electron chi connectivity index (χ2n) is 7.56. The van der Waals surface area contributed by atoms with E-state index >= 15 is 0 Å². The van der Waals surface area contributed by atoms with E-state index in [4.69, 9.17) is 58.0 Å². The number of nitrogens with zero attached hydrogens (tertiary/aromatic N) is 2. The van der Waals surface area contributed by atoms with Crippen molar-refractivity contribution >= 4 is 81.5 Å². The van der Waals surface area contributed by atoms with Gasteiger partial charge < -0.3 is 0 Å². The van der Waals surface area contributed by atoms with Crippen LogP contribution < -0.4 is 0 Å². The number of fused-ring (bicyclic) bond motifs is 1. The maximum atomic E-state index is 13.5. The van der Waals surface area contributed by atoms with Gasteiger partial charge in [-0.3, -0.25) is 19.2 Å². The van der Waals surface area contributed by atoms with Crippen LogP contribution >= 0.6 is 58.0 Å². The fraction of sp³-hybridized carbons (Fsp3) is 0.0833. The third-order valence-corrected chi connectivity index (χ3v) is 7.46. The number of rotatable bonds is 5. The zero-order chi connectivity index (χ0) is 25.6. The Morgan fingerprint density at radius 1 is 0.771 bits per heavy atom. The Labute approximate surface area is 224 Å². The Morgan fingerprint density at radius 2 is 1.29 bits per heavy atom. The van der Waals surface area contributed by atoms with E-state index < -0.39 is 30.0 Å². The molecule has 0 N–H and O–H groups in total. The molecule has 0 saturated heterocycles. The van der Waals surface area contributed by atoms with Gasteiger partial charge in [0.05, 0.1) is 41.8 Å². The fourth-order valence-electron chi connectivity index (χ4n) is 3.53. The Hall–Kier alpha value is -2.61. The zero-order valence-electron chi connectivity index (χ0n) is 17.7. The molecule has 3 aromatic carbocycles. The lowest BCUT2D eigenvalue weighted by molar-refractivity contribution is 0.00533. The smallest absolute Gasteiger partial charge is 0.282 e. The summed E-state index contributed by atoms with van der Waals surface area (Å²) in [6, 6.07) is 12.6. The second kappa shape index (κ2) is 9.80. The number of carbonyl (C=O) groups is 4. The predicted octanol–water partition coefficient (Wildman–Crippen LogP) is 6.80. The summed E-state index contributed by atoms with van der Waals surface area (Å²) in [5.41, 5.74) is 0.512. The maximum Gasteiger partial charge on any atom is 0.282 e. The molecule has 0 unspecified atom stereocenters. The number of ketones is 1. The molecule has 0 spiro atoms. The van der Waals surface area contributed by atoms with Gasteiger partial charge in [0.25, 0.3) is 17.7 Å². The van der Waals surface area contributed by atoms with E-state index in [0.29, 0.717) is 10.0 Å². The van der Waals surface area contributed by atoms with Gasteiger partial charge in [-0.15, -0.1) is 0 Å². The standard InChI is InChI=1S/C24H13Cl5N2O4/c1-11-6-8-12(9-7-11)15(32)10-30(22(33)13-4-2-3-5-14(13)25)31-23(34)16-17(24(31)35)19(27)21(29)20(28)18(16)26/h2-9H,10H2,1H3. The van der Waals surface area contributed by atoms with Crippen molar-refractivity contribution in [2.24, 2.45) is 0 Å². The van der Waals surface area contributed by atoms with Gasteiger partial charge in [0, 0.05) is 5.56 Å². The first kappa shape index (κ1) is 25.5. The Morgan fingerprint density at radius 3 is 1.80 bits per heavy atom. The van der Waals surface area contributed by atoms with Crippen LogP contribution in [0.4, 0.5) is 0 Å².